The van der Waals surface area contributed by atoms with Gasteiger partial charge < -0.3 is 4.98 Å². The quantitative estimate of drug-likeness (QED) is 0.563. The molecule has 1 aromatic heterocycles. The summed E-state index contributed by atoms with van der Waals surface area (Å²) in [6.07, 6.45) is 14.8. The first kappa shape index (κ1) is 14.5. The molecule has 0 saturated carbocycles. The van der Waals surface area contributed by atoms with Gasteiger partial charge in [-0.2, -0.15) is 0 Å². The van der Waals surface area contributed by atoms with Gasteiger partial charge in [0.25, 0.3) is 0 Å². The third-order valence-electron chi connectivity index (χ3n) is 2.87. The average Bonchev–Trinajstić information content (AvgIpc) is 2.91. The molecule has 2 aromatic rings. The number of H-pyrrole nitrogens is 1. The number of para-hydroxylation sites is 1. The van der Waals surface area contributed by atoms with Crippen molar-refractivity contribution in [3.05, 3.63) is 91.3 Å². The molecule has 0 aliphatic carbocycles. The van der Waals surface area contributed by atoms with E-state index in [9.17, 15) is 0 Å². The topological polar surface area (TPSA) is 28.1 Å². The van der Waals surface area contributed by atoms with Gasteiger partial charge in [0, 0.05) is 23.6 Å². The fourth-order valence-corrected chi connectivity index (χ4v) is 1.93. The van der Waals surface area contributed by atoms with Crippen LogP contribution < -0.4 is 0 Å². The van der Waals surface area contributed by atoms with Crippen LogP contribution in [0, 0.1) is 0 Å². The predicted molar refractivity (Wildman–Crippen MR) is 93.4 cm³/mol. The number of nitrogens with one attached hydrogen (secondary N) is 1. The summed E-state index contributed by atoms with van der Waals surface area (Å²) in [5, 5.41) is 1.21. The molecular formula is C19H18N2. The van der Waals surface area contributed by atoms with Gasteiger partial charge in [0.2, 0.25) is 0 Å². The third-order valence-corrected chi connectivity index (χ3v) is 2.87. The van der Waals surface area contributed by atoms with E-state index in [1.54, 1.807) is 12.3 Å². The Morgan fingerprint density at radius 1 is 1.14 bits per heavy atom. The highest BCUT2D eigenvalue weighted by atomic mass is 14.7. The lowest BCUT2D eigenvalue weighted by atomic mass is 10.2. The number of hydrogen-bond donors (Lipinski definition) is 1. The van der Waals surface area contributed by atoms with E-state index in [2.05, 4.69) is 41.3 Å². The maximum atomic E-state index is 4.00. The number of benzene rings is 1. The van der Waals surface area contributed by atoms with E-state index in [1.165, 1.54) is 11.6 Å². The highest BCUT2D eigenvalue weighted by Crippen LogP contribution is 2.15. The highest BCUT2D eigenvalue weighted by molar-refractivity contribution is 5.84. The lowest BCUT2D eigenvalue weighted by molar-refractivity contribution is 1.43. The molecular weight excluding hydrogens is 256 g/mol. The molecule has 1 N–H and O–H groups in total. The monoisotopic (exact) mass is 274 g/mol. The SMILES string of the molecule is C=C/C=C(C=NC=C)/C=C\C=C\c1cc2ccccc2[nH]1. The second-order valence-electron chi connectivity index (χ2n) is 4.39. The Morgan fingerprint density at radius 2 is 2.00 bits per heavy atom. The van der Waals surface area contributed by atoms with Gasteiger partial charge in [-0.25, -0.2) is 0 Å². The van der Waals surface area contributed by atoms with Crippen molar-refractivity contribution < 1.29 is 0 Å². The number of fused-ring (bicyclic) bond motifs is 1. The number of rotatable bonds is 6. The first-order valence-electron chi connectivity index (χ1n) is 6.73. The van der Waals surface area contributed by atoms with Gasteiger partial charge in [-0.15, -0.1) is 0 Å². The molecule has 0 fully saturated rings. The molecule has 1 aromatic carbocycles. The molecule has 0 saturated heterocycles. The van der Waals surface area contributed by atoms with Crippen molar-refractivity contribution in [1.29, 1.82) is 0 Å². The van der Waals surface area contributed by atoms with Crippen LogP contribution >= 0.6 is 0 Å². The largest absolute Gasteiger partial charge is 0.355 e. The molecule has 21 heavy (non-hydrogen) atoms. The minimum atomic E-state index is 0.964. The third kappa shape index (κ3) is 4.32. The fourth-order valence-electron chi connectivity index (χ4n) is 1.93. The van der Waals surface area contributed by atoms with E-state index in [1.807, 2.05) is 42.5 Å². The van der Waals surface area contributed by atoms with Crippen LogP contribution in [0.15, 0.2) is 90.6 Å². The zero-order chi connectivity index (χ0) is 14.9. The van der Waals surface area contributed by atoms with E-state index in [4.69, 9.17) is 0 Å². The van der Waals surface area contributed by atoms with Crippen molar-refractivity contribution in [3.8, 4) is 0 Å². The van der Waals surface area contributed by atoms with E-state index in [0.29, 0.717) is 0 Å². The number of hydrogen-bond acceptors (Lipinski definition) is 1. The predicted octanol–water partition coefficient (Wildman–Crippen LogP) is 5.06. The minimum Gasteiger partial charge on any atom is -0.355 e. The molecule has 0 atom stereocenters. The van der Waals surface area contributed by atoms with Crippen molar-refractivity contribution in [2.24, 2.45) is 4.99 Å². The number of aromatic nitrogens is 1. The van der Waals surface area contributed by atoms with Gasteiger partial charge in [0.15, 0.2) is 0 Å². The van der Waals surface area contributed by atoms with Gasteiger partial charge in [-0.3, -0.25) is 4.99 Å². The zero-order valence-electron chi connectivity index (χ0n) is 11.9. The summed E-state index contributed by atoms with van der Waals surface area (Å²) in [7, 11) is 0. The Bertz CT molecular complexity index is 707. The average molecular weight is 274 g/mol. The summed E-state index contributed by atoms with van der Waals surface area (Å²) < 4.78 is 0. The Balaban J connectivity index is 2.08. The fraction of sp³-hybridized carbons (Fsp3) is 0. The van der Waals surface area contributed by atoms with Gasteiger partial charge >= 0.3 is 0 Å². The molecule has 0 aliphatic rings. The molecule has 0 spiro atoms. The molecule has 2 heteroatoms. The minimum absolute atomic E-state index is 0.964. The van der Waals surface area contributed by atoms with Crippen LogP contribution in [0.25, 0.3) is 17.0 Å². The van der Waals surface area contributed by atoms with E-state index in [0.717, 1.165) is 16.8 Å². The number of aliphatic imine (C=N–C) groups is 1. The van der Waals surface area contributed by atoms with Gasteiger partial charge in [0.05, 0.1) is 0 Å². The first-order chi connectivity index (χ1) is 10.3. The van der Waals surface area contributed by atoms with Gasteiger partial charge in [-0.05, 0) is 29.2 Å². The lowest BCUT2D eigenvalue weighted by Crippen LogP contribution is -1.77. The molecule has 0 aliphatic heterocycles. The van der Waals surface area contributed by atoms with Crippen LogP contribution in [0.2, 0.25) is 0 Å². The lowest BCUT2D eigenvalue weighted by Gasteiger charge is -1.89. The zero-order valence-corrected chi connectivity index (χ0v) is 11.9. The first-order valence-corrected chi connectivity index (χ1v) is 6.73. The van der Waals surface area contributed by atoms with Crippen molar-refractivity contribution in [3.63, 3.8) is 0 Å². The number of allylic oxidation sites excluding steroid dienone is 6. The Morgan fingerprint density at radius 3 is 2.76 bits per heavy atom. The van der Waals surface area contributed by atoms with E-state index in [-0.39, 0.29) is 0 Å². The number of nitrogens with zero attached hydrogens (tertiary/aromatic N) is 1. The molecule has 0 unspecified atom stereocenters. The maximum Gasteiger partial charge on any atom is 0.0458 e. The summed E-state index contributed by atoms with van der Waals surface area (Å²) in [5.41, 5.74) is 3.19. The molecule has 2 rings (SSSR count). The molecule has 0 bridgehead atoms. The van der Waals surface area contributed by atoms with Crippen LogP contribution in [0.3, 0.4) is 0 Å². The summed E-state index contributed by atoms with van der Waals surface area (Å²) >= 11 is 0. The van der Waals surface area contributed by atoms with E-state index < -0.39 is 0 Å². The highest BCUT2D eigenvalue weighted by Gasteiger charge is 1.95. The van der Waals surface area contributed by atoms with Gasteiger partial charge in [0.1, 0.15) is 0 Å². The molecule has 2 nitrogen and oxygen atoms in total. The Kier molecular flexibility index (Phi) is 5.30. The van der Waals surface area contributed by atoms with Crippen LogP contribution in [0.1, 0.15) is 5.69 Å². The second kappa shape index (κ2) is 7.65. The molecule has 104 valence electrons. The maximum absolute atomic E-state index is 4.00. The molecule has 0 radical (unpaired) electrons. The van der Waals surface area contributed by atoms with Crippen molar-refractivity contribution >= 4 is 23.2 Å². The van der Waals surface area contributed by atoms with Crippen molar-refractivity contribution in [1.82, 2.24) is 4.98 Å². The van der Waals surface area contributed by atoms with Crippen molar-refractivity contribution in [2.75, 3.05) is 0 Å². The summed E-state index contributed by atoms with van der Waals surface area (Å²) in [6, 6.07) is 10.3. The summed E-state index contributed by atoms with van der Waals surface area (Å²) in [6.45, 7) is 7.24. The van der Waals surface area contributed by atoms with Crippen LogP contribution in [0.5, 0.6) is 0 Å². The van der Waals surface area contributed by atoms with Crippen LogP contribution in [-0.2, 0) is 0 Å². The molecule has 1 heterocycles. The van der Waals surface area contributed by atoms with Crippen LogP contribution in [0.4, 0.5) is 0 Å². The second-order valence-corrected chi connectivity index (χ2v) is 4.39. The normalized spacial score (nSPS) is 12.9. The van der Waals surface area contributed by atoms with E-state index >= 15 is 0 Å². The Hall–Kier alpha value is -2.87. The smallest absolute Gasteiger partial charge is 0.0458 e. The van der Waals surface area contributed by atoms with Gasteiger partial charge in [-0.1, -0.05) is 61.7 Å². The molecule has 0 amide bonds. The van der Waals surface area contributed by atoms with Crippen LogP contribution in [-0.4, -0.2) is 11.2 Å². The van der Waals surface area contributed by atoms with Crippen molar-refractivity contribution in [2.45, 2.75) is 0 Å². The number of aromatic amines is 1. The Labute approximate surface area is 125 Å². The summed E-state index contributed by atoms with van der Waals surface area (Å²) in [5.74, 6) is 0. The standard InChI is InChI=1S/C19H18N2/c1-3-9-16(15-20-4-2)10-5-7-12-18-14-17-11-6-8-13-19(17)21-18/h3-15,21H,1-2H2/b10-5-,12-7+,16-9-,20-15?. The summed E-state index contributed by atoms with van der Waals surface area (Å²) in [4.78, 5) is 7.35.